The van der Waals surface area contributed by atoms with Gasteiger partial charge in [0.05, 0.1) is 22.1 Å². The fraction of sp³-hybridized carbons (Fsp3) is 0.190. The molecule has 0 spiro atoms. The van der Waals surface area contributed by atoms with E-state index in [9.17, 15) is 14.4 Å². The van der Waals surface area contributed by atoms with E-state index in [1.807, 2.05) is 43.3 Å². The van der Waals surface area contributed by atoms with Crippen LogP contribution in [0.4, 0.5) is 0 Å². The smallest absolute Gasteiger partial charge is 0.328 e. The zero-order valence-corrected chi connectivity index (χ0v) is 17.7. The first kappa shape index (κ1) is 25.2. The molecule has 0 aliphatic rings. The minimum absolute atomic E-state index is 0.0638. The summed E-state index contributed by atoms with van der Waals surface area (Å²) in [4.78, 5) is 31.0. The number of carboxylic acid groups (broad SMARTS) is 2. The van der Waals surface area contributed by atoms with Gasteiger partial charge in [-0.15, -0.1) is 0 Å². The summed E-state index contributed by atoms with van der Waals surface area (Å²) in [7, 11) is 0. The van der Waals surface area contributed by atoms with Gasteiger partial charge in [-0.05, 0) is 36.6 Å². The molecule has 0 aliphatic heterocycles. The summed E-state index contributed by atoms with van der Waals surface area (Å²) >= 11 is 12.1. The van der Waals surface area contributed by atoms with Gasteiger partial charge < -0.3 is 21.3 Å². The Morgan fingerprint density at radius 1 is 1.00 bits per heavy atom. The summed E-state index contributed by atoms with van der Waals surface area (Å²) in [5.74, 6) is -2.73. The van der Waals surface area contributed by atoms with Crippen molar-refractivity contribution in [2.24, 2.45) is 5.73 Å². The van der Waals surface area contributed by atoms with Crippen molar-refractivity contribution in [1.29, 1.82) is 0 Å². The summed E-state index contributed by atoms with van der Waals surface area (Å²) in [6.45, 7) is 1.89. The number of benzene rings is 2. The SMILES string of the molecule is CC(Cc1ccccc1)(NC(=O)CN)c1ccc(Cl)c(Cl)c1.O=C(O)C=CC(=O)O. The number of carbonyl (C=O) groups excluding carboxylic acids is 1. The van der Waals surface area contributed by atoms with Crippen LogP contribution in [0.3, 0.4) is 0 Å². The highest BCUT2D eigenvalue weighted by atomic mass is 35.5. The predicted octanol–water partition coefficient (Wildman–Crippen LogP) is 3.24. The molecule has 7 nitrogen and oxygen atoms in total. The van der Waals surface area contributed by atoms with Crippen LogP contribution in [0.15, 0.2) is 60.7 Å². The average Bonchev–Trinajstić information content (AvgIpc) is 2.69. The Morgan fingerprint density at radius 3 is 2.03 bits per heavy atom. The van der Waals surface area contributed by atoms with Crippen LogP contribution < -0.4 is 11.1 Å². The van der Waals surface area contributed by atoms with Crippen LogP contribution in [0.2, 0.25) is 10.0 Å². The van der Waals surface area contributed by atoms with E-state index in [1.54, 1.807) is 12.1 Å². The molecule has 160 valence electrons. The minimum atomic E-state index is -1.26. The van der Waals surface area contributed by atoms with E-state index >= 15 is 0 Å². The molecule has 1 atom stereocenters. The maximum atomic E-state index is 11.8. The van der Waals surface area contributed by atoms with Crippen molar-refractivity contribution >= 4 is 41.0 Å². The van der Waals surface area contributed by atoms with Crippen molar-refractivity contribution in [1.82, 2.24) is 5.32 Å². The molecule has 1 unspecified atom stereocenters. The molecule has 2 aromatic carbocycles. The van der Waals surface area contributed by atoms with Crippen LogP contribution in [0.1, 0.15) is 18.1 Å². The van der Waals surface area contributed by atoms with E-state index in [0.717, 1.165) is 11.1 Å². The highest BCUT2D eigenvalue weighted by Gasteiger charge is 2.29. The van der Waals surface area contributed by atoms with Crippen LogP contribution in [-0.4, -0.2) is 34.6 Å². The van der Waals surface area contributed by atoms with Crippen LogP contribution in [-0.2, 0) is 26.3 Å². The van der Waals surface area contributed by atoms with Crippen LogP contribution in [0, 0.1) is 0 Å². The molecule has 0 heterocycles. The Kier molecular flexibility index (Phi) is 10.0. The molecule has 0 radical (unpaired) electrons. The molecule has 9 heteroatoms. The molecule has 2 aromatic rings. The number of carbonyl (C=O) groups is 3. The molecule has 2 rings (SSSR count). The fourth-order valence-corrected chi connectivity index (χ4v) is 2.86. The molecule has 0 fully saturated rings. The lowest BCUT2D eigenvalue weighted by Gasteiger charge is -2.32. The molecule has 30 heavy (non-hydrogen) atoms. The monoisotopic (exact) mass is 452 g/mol. The molecule has 0 saturated carbocycles. The first-order chi connectivity index (χ1) is 14.1. The van der Waals surface area contributed by atoms with Crippen LogP contribution in [0.25, 0.3) is 0 Å². The largest absolute Gasteiger partial charge is 0.478 e. The quantitative estimate of drug-likeness (QED) is 0.477. The lowest BCUT2D eigenvalue weighted by atomic mass is 9.85. The second-order valence-electron chi connectivity index (χ2n) is 6.39. The lowest BCUT2D eigenvalue weighted by Crippen LogP contribution is -2.47. The van der Waals surface area contributed by atoms with Crippen molar-refractivity contribution in [3.05, 3.63) is 81.9 Å². The highest BCUT2D eigenvalue weighted by Crippen LogP contribution is 2.31. The summed E-state index contributed by atoms with van der Waals surface area (Å²) in [6.07, 6.45) is 1.74. The number of carboxylic acids is 2. The number of amides is 1. The van der Waals surface area contributed by atoms with Crippen molar-refractivity contribution in [3.8, 4) is 0 Å². The normalized spacial score (nSPS) is 12.4. The molecule has 0 bridgehead atoms. The number of aliphatic carboxylic acids is 2. The van der Waals surface area contributed by atoms with Gasteiger partial charge in [0.2, 0.25) is 5.91 Å². The zero-order valence-electron chi connectivity index (χ0n) is 16.1. The molecular formula is C21H22Cl2N2O5. The van der Waals surface area contributed by atoms with Gasteiger partial charge in [-0.2, -0.15) is 0 Å². The van der Waals surface area contributed by atoms with Gasteiger partial charge in [-0.25, -0.2) is 9.59 Å². The Balaban J connectivity index is 0.000000479. The fourth-order valence-electron chi connectivity index (χ4n) is 2.56. The zero-order chi connectivity index (χ0) is 22.7. The Bertz CT molecular complexity index is 903. The summed E-state index contributed by atoms with van der Waals surface area (Å²) in [5.41, 5.74) is 6.81. The van der Waals surface area contributed by atoms with Gasteiger partial charge >= 0.3 is 11.9 Å². The molecular weight excluding hydrogens is 431 g/mol. The molecule has 0 aromatic heterocycles. The molecule has 0 aliphatic carbocycles. The van der Waals surface area contributed by atoms with Crippen LogP contribution in [0.5, 0.6) is 0 Å². The number of nitrogens with one attached hydrogen (secondary N) is 1. The van der Waals surface area contributed by atoms with Crippen molar-refractivity contribution in [2.75, 3.05) is 6.54 Å². The number of hydrogen-bond donors (Lipinski definition) is 4. The average molecular weight is 453 g/mol. The van der Waals surface area contributed by atoms with E-state index < -0.39 is 17.5 Å². The van der Waals surface area contributed by atoms with Crippen LogP contribution >= 0.6 is 23.2 Å². The van der Waals surface area contributed by atoms with E-state index in [2.05, 4.69) is 5.32 Å². The summed E-state index contributed by atoms with van der Waals surface area (Å²) in [6, 6.07) is 15.3. The Morgan fingerprint density at radius 2 is 1.57 bits per heavy atom. The van der Waals surface area contributed by atoms with E-state index in [1.165, 1.54) is 0 Å². The Labute approximate surface area is 184 Å². The number of rotatable bonds is 7. The summed E-state index contributed by atoms with van der Waals surface area (Å²) in [5, 5.41) is 19.6. The van der Waals surface area contributed by atoms with Gasteiger partial charge in [0.25, 0.3) is 0 Å². The van der Waals surface area contributed by atoms with Gasteiger partial charge in [0.15, 0.2) is 0 Å². The van der Waals surface area contributed by atoms with E-state index in [0.29, 0.717) is 28.6 Å². The standard InChI is InChI=1S/C17H18Cl2N2O.C4H4O4/c1-17(21-16(22)11-20,10-12-5-3-2-4-6-12)13-7-8-14(18)15(19)9-13;5-3(6)1-2-4(7)8/h2-9H,10-11,20H2,1H3,(H,21,22);1-2H,(H,5,6)(H,7,8). The number of nitrogens with two attached hydrogens (primary N) is 1. The first-order valence-corrected chi connectivity index (χ1v) is 9.47. The minimum Gasteiger partial charge on any atom is -0.478 e. The van der Waals surface area contributed by atoms with Gasteiger partial charge in [-0.3, -0.25) is 4.79 Å². The number of hydrogen-bond acceptors (Lipinski definition) is 4. The molecule has 5 N–H and O–H groups in total. The maximum absolute atomic E-state index is 11.8. The first-order valence-electron chi connectivity index (χ1n) is 8.72. The lowest BCUT2D eigenvalue weighted by molar-refractivity contribution is -0.134. The Hall–Kier alpha value is -2.87. The van der Waals surface area contributed by atoms with Gasteiger partial charge in [-0.1, -0.05) is 59.6 Å². The third-order valence-electron chi connectivity index (χ3n) is 3.93. The second kappa shape index (κ2) is 12.0. The van der Waals surface area contributed by atoms with Crippen molar-refractivity contribution < 1.29 is 24.6 Å². The van der Waals surface area contributed by atoms with E-state index in [4.69, 9.17) is 39.1 Å². The van der Waals surface area contributed by atoms with Crippen molar-refractivity contribution in [2.45, 2.75) is 18.9 Å². The topological polar surface area (TPSA) is 130 Å². The predicted molar refractivity (Wildman–Crippen MR) is 116 cm³/mol. The molecule has 1 amide bonds. The van der Waals surface area contributed by atoms with Gasteiger partial charge in [0, 0.05) is 12.2 Å². The number of halogens is 2. The molecule has 0 saturated heterocycles. The third-order valence-corrected chi connectivity index (χ3v) is 4.67. The highest BCUT2D eigenvalue weighted by molar-refractivity contribution is 6.42. The third kappa shape index (κ3) is 8.65. The second-order valence-corrected chi connectivity index (χ2v) is 7.20. The van der Waals surface area contributed by atoms with Crippen molar-refractivity contribution in [3.63, 3.8) is 0 Å². The van der Waals surface area contributed by atoms with E-state index in [-0.39, 0.29) is 12.5 Å². The maximum Gasteiger partial charge on any atom is 0.328 e. The van der Waals surface area contributed by atoms with Gasteiger partial charge in [0.1, 0.15) is 0 Å². The summed E-state index contributed by atoms with van der Waals surface area (Å²) < 4.78 is 0.